The predicted molar refractivity (Wildman–Crippen MR) is 154 cm³/mol. The molecule has 0 spiro atoms. The largest absolute Gasteiger partial charge is 0.354 e. The number of piperazine rings is 1. The number of sulfonamides is 1. The quantitative estimate of drug-likeness (QED) is 0.330. The number of hydrogen-bond acceptors (Lipinski definition) is 7. The molecule has 4 aromatic rings. The van der Waals surface area contributed by atoms with E-state index in [1.807, 2.05) is 54.8 Å². The van der Waals surface area contributed by atoms with E-state index in [0.29, 0.717) is 26.2 Å². The maximum absolute atomic E-state index is 14.0. The zero-order valence-corrected chi connectivity index (χ0v) is 23.6. The molecule has 9 nitrogen and oxygen atoms in total. The second-order valence-electron chi connectivity index (χ2n) is 11.0. The van der Waals surface area contributed by atoms with Crippen LogP contribution in [0.3, 0.4) is 0 Å². The molecule has 2 fully saturated rings. The van der Waals surface area contributed by atoms with Crippen LogP contribution in [0.15, 0.2) is 60.8 Å². The number of aromatic nitrogens is 4. The maximum atomic E-state index is 14.0. The summed E-state index contributed by atoms with van der Waals surface area (Å²) < 4.78 is 42.7. The number of hydrogen-bond donors (Lipinski definition) is 0. The topological polar surface area (TPSA) is 86.9 Å². The Kier molecular flexibility index (Phi) is 7.18. The van der Waals surface area contributed by atoms with Gasteiger partial charge in [0.2, 0.25) is 10.0 Å². The van der Waals surface area contributed by atoms with Gasteiger partial charge in [-0.15, -0.1) is 5.10 Å². The van der Waals surface area contributed by atoms with Crippen LogP contribution in [0.1, 0.15) is 38.3 Å². The van der Waals surface area contributed by atoms with E-state index in [4.69, 9.17) is 10.1 Å². The summed E-state index contributed by atoms with van der Waals surface area (Å²) in [5.74, 6) is 1.65. The number of halogens is 1. The third-order valence-electron chi connectivity index (χ3n) is 7.63. The van der Waals surface area contributed by atoms with Crippen LogP contribution in [0.5, 0.6) is 0 Å². The fourth-order valence-electron chi connectivity index (χ4n) is 5.76. The molecule has 1 aromatic carbocycles. The maximum Gasteiger partial charge on any atom is 0.214 e. The van der Waals surface area contributed by atoms with Crippen molar-refractivity contribution in [1.82, 2.24) is 23.9 Å². The Balaban J connectivity index is 1.24. The van der Waals surface area contributed by atoms with Crippen molar-refractivity contribution in [1.29, 1.82) is 0 Å². The minimum absolute atomic E-state index is 0.0668. The predicted octanol–water partition coefficient (Wildman–Crippen LogP) is 4.38. The normalized spacial score (nSPS) is 18.8. The molecule has 0 unspecified atom stereocenters. The van der Waals surface area contributed by atoms with Gasteiger partial charge >= 0.3 is 0 Å². The van der Waals surface area contributed by atoms with Crippen molar-refractivity contribution < 1.29 is 12.8 Å². The number of rotatable bonds is 7. The molecule has 3 aromatic heterocycles. The first-order valence-electron chi connectivity index (χ1n) is 13.9. The average Bonchev–Trinajstić information content (AvgIpc) is 3.60. The van der Waals surface area contributed by atoms with Crippen LogP contribution >= 0.6 is 0 Å². The third kappa shape index (κ3) is 5.27. The molecule has 0 saturated carbocycles. The van der Waals surface area contributed by atoms with Crippen LogP contribution in [-0.2, 0) is 10.0 Å². The smallest absolute Gasteiger partial charge is 0.214 e. The Bertz CT molecular complexity index is 1620. The molecular weight excluding hydrogens is 529 g/mol. The number of imidazole rings is 1. The van der Waals surface area contributed by atoms with Crippen molar-refractivity contribution in [2.24, 2.45) is 5.92 Å². The van der Waals surface area contributed by atoms with Crippen LogP contribution in [0.4, 0.5) is 16.0 Å². The highest BCUT2D eigenvalue weighted by Crippen LogP contribution is 2.36. The molecule has 0 bridgehead atoms. The van der Waals surface area contributed by atoms with Gasteiger partial charge in [-0.25, -0.2) is 27.3 Å². The minimum Gasteiger partial charge on any atom is -0.354 e. The van der Waals surface area contributed by atoms with Crippen molar-refractivity contribution >= 4 is 27.3 Å². The summed E-state index contributed by atoms with van der Waals surface area (Å²) in [6.07, 6.45) is 3.73. The zero-order valence-electron chi connectivity index (χ0n) is 22.8. The van der Waals surface area contributed by atoms with Gasteiger partial charge in [-0.2, -0.15) is 4.31 Å². The summed E-state index contributed by atoms with van der Waals surface area (Å²) in [6, 6.07) is 16.7. The van der Waals surface area contributed by atoms with E-state index in [1.165, 1.54) is 6.07 Å². The van der Waals surface area contributed by atoms with Gasteiger partial charge in [-0.05, 0) is 60.7 Å². The molecule has 11 heteroatoms. The molecule has 0 amide bonds. The molecule has 210 valence electrons. The van der Waals surface area contributed by atoms with Gasteiger partial charge in [0, 0.05) is 32.7 Å². The van der Waals surface area contributed by atoms with E-state index in [-0.39, 0.29) is 23.5 Å². The monoisotopic (exact) mass is 563 g/mol. The number of pyridine rings is 1. The Labute approximate surface area is 234 Å². The molecule has 2 aliphatic rings. The molecular formula is C29H34FN7O2S. The molecule has 0 N–H and O–H groups in total. The second-order valence-corrected chi connectivity index (χ2v) is 13.0. The Hall–Kier alpha value is -3.57. The van der Waals surface area contributed by atoms with Gasteiger partial charge in [-0.3, -0.25) is 0 Å². The Morgan fingerprint density at radius 1 is 0.975 bits per heavy atom. The lowest BCUT2D eigenvalue weighted by atomic mass is 10.0. The van der Waals surface area contributed by atoms with E-state index < -0.39 is 10.0 Å². The van der Waals surface area contributed by atoms with Crippen LogP contribution in [0, 0.1) is 11.7 Å². The third-order valence-corrected chi connectivity index (χ3v) is 9.87. The second kappa shape index (κ2) is 10.8. The lowest BCUT2D eigenvalue weighted by molar-refractivity contribution is 0.381. The van der Waals surface area contributed by atoms with Crippen molar-refractivity contribution in [2.45, 2.75) is 32.7 Å². The number of benzene rings is 1. The van der Waals surface area contributed by atoms with E-state index >= 15 is 0 Å². The molecule has 0 radical (unpaired) electrons. The first-order valence-corrected chi connectivity index (χ1v) is 15.5. The summed E-state index contributed by atoms with van der Waals surface area (Å²) in [5.41, 5.74) is 3.19. The van der Waals surface area contributed by atoms with E-state index in [9.17, 15) is 12.8 Å². The minimum atomic E-state index is -3.25. The highest BCUT2D eigenvalue weighted by molar-refractivity contribution is 7.89. The van der Waals surface area contributed by atoms with E-state index in [0.717, 1.165) is 53.6 Å². The molecule has 40 heavy (non-hydrogen) atoms. The van der Waals surface area contributed by atoms with Crippen LogP contribution in [-0.4, -0.2) is 70.8 Å². The number of anilines is 2. The fraction of sp³-hybridized carbons (Fsp3) is 0.414. The highest BCUT2D eigenvalue weighted by atomic mass is 32.2. The van der Waals surface area contributed by atoms with E-state index in [2.05, 4.69) is 14.8 Å². The van der Waals surface area contributed by atoms with Crippen molar-refractivity contribution in [3.05, 3.63) is 72.2 Å². The summed E-state index contributed by atoms with van der Waals surface area (Å²) >= 11 is 0. The summed E-state index contributed by atoms with van der Waals surface area (Å²) in [4.78, 5) is 13.8. The van der Waals surface area contributed by atoms with E-state index in [1.54, 1.807) is 22.6 Å². The van der Waals surface area contributed by atoms with Gasteiger partial charge in [0.25, 0.3) is 0 Å². The molecule has 5 heterocycles. The lowest BCUT2D eigenvalue weighted by Gasteiger charge is -2.35. The summed E-state index contributed by atoms with van der Waals surface area (Å²) in [6.45, 7) is 6.76. The zero-order chi connectivity index (χ0) is 27.9. The van der Waals surface area contributed by atoms with Crippen LogP contribution < -0.4 is 9.80 Å². The number of fused-ring (bicyclic) bond motifs is 1. The van der Waals surface area contributed by atoms with Crippen LogP contribution in [0.2, 0.25) is 0 Å². The highest BCUT2D eigenvalue weighted by Gasteiger charge is 2.29. The molecule has 2 saturated heterocycles. The number of nitrogens with zero attached hydrogens (tertiary/aromatic N) is 7. The lowest BCUT2D eigenvalue weighted by Crippen LogP contribution is -2.49. The SMILES string of the molecule is CC(C)CS(=O)(=O)N1CCN(c2cccc(-c3cnc4ccc(N5CCC[C@@H]5c5cccc(F)c5)nn34)n2)CC1. The van der Waals surface area contributed by atoms with Crippen molar-refractivity contribution in [3.8, 4) is 11.4 Å². The van der Waals surface area contributed by atoms with Gasteiger partial charge in [0.05, 0.1) is 23.7 Å². The van der Waals surface area contributed by atoms with Crippen molar-refractivity contribution in [3.63, 3.8) is 0 Å². The Morgan fingerprint density at radius 2 is 1.77 bits per heavy atom. The van der Waals surface area contributed by atoms with Gasteiger partial charge < -0.3 is 9.80 Å². The fourth-order valence-corrected chi connectivity index (χ4v) is 7.53. The standard InChI is InChI=1S/C29H34FN7O2S/c1-21(2)20-40(38,39)35-16-14-34(15-17-35)28-10-4-8-24(32-28)26-19-31-27-11-12-29(33-37(26)27)36-13-5-9-25(36)22-6-3-7-23(30)18-22/h3-4,6-8,10-12,18-19,21,25H,5,9,13-17,20H2,1-2H3/t25-/m1/s1. The summed E-state index contributed by atoms with van der Waals surface area (Å²) in [5, 5.41) is 4.95. The van der Waals surface area contributed by atoms with Gasteiger partial charge in [-0.1, -0.05) is 32.0 Å². The van der Waals surface area contributed by atoms with Crippen LogP contribution in [0.25, 0.3) is 17.0 Å². The molecule has 2 aliphatic heterocycles. The molecule has 1 atom stereocenters. The molecule has 0 aliphatic carbocycles. The van der Waals surface area contributed by atoms with Gasteiger partial charge in [0.1, 0.15) is 23.1 Å². The van der Waals surface area contributed by atoms with Gasteiger partial charge in [0.15, 0.2) is 5.65 Å². The first-order chi connectivity index (χ1) is 19.3. The summed E-state index contributed by atoms with van der Waals surface area (Å²) in [7, 11) is -3.25. The first kappa shape index (κ1) is 26.6. The average molecular weight is 564 g/mol. The molecule has 6 rings (SSSR count). The van der Waals surface area contributed by atoms with Crippen molar-refractivity contribution in [2.75, 3.05) is 48.3 Å². The Morgan fingerprint density at radius 3 is 2.55 bits per heavy atom.